The Balaban J connectivity index is 1.31. The predicted octanol–water partition coefficient (Wildman–Crippen LogP) is 6.90. The van der Waals surface area contributed by atoms with E-state index in [4.69, 9.17) is 16.3 Å². The van der Waals surface area contributed by atoms with Gasteiger partial charge in [-0.3, -0.25) is 0 Å². The lowest BCUT2D eigenvalue weighted by molar-refractivity contribution is -0.118. The van der Waals surface area contributed by atoms with Crippen molar-refractivity contribution in [2.75, 3.05) is 0 Å². The van der Waals surface area contributed by atoms with E-state index in [1.165, 1.54) is 50.7 Å². The largest absolute Gasteiger partial charge is 0.489 e. The molecule has 4 aliphatic carbocycles. The van der Waals surface area contributed by atoms with E-state index in [-0.39, 0.29) is 11.4 Å². The van der Waals surface area contributed by atoms with Crippen LogP contribution in [-0.4, -0.2) is 5.54 Å². The molecule has 4 fully saturated rings. The third kappa shape index (κ3) is 3.99. The second-order valence-electron chi connectivity index (χ2n) is 10.9. The Bertz CT molecular complexity index is 925. The quantitative estimate of drug-likeness (QED) is 0.541. The fourth-order valence-corrected chi connectivity index (χ4v) is 7.69. The van der Waals surface area contributed by atoms with E-state index in [1.54, 1.807) is 12.1 Å². The second kappa shape index (κ2) is 7.24. The van der Waals surface area contributed by atoms with Crippen LogP contribution in [0.5, 0.6) is 5.75 Å². The summed E-state index contributed by atoms with van der Waals surface area (Å²) in [6, 6.07) is 12.3. The van der Waals surface area contributed by atoms with Gasteiger partial charge in [-0.2, -0.15) is 0 Å². The summed E-state index contributed by atoms with van der Waals surface area (Å²) in [5.74, 6) is 1.48. The first-order chi connectivity index (χ1) is 14.2. The molecule has 0 radical (unpaired) electrons. The molecule has 4 saturated carbocycles. The first-order valence-corrected chi connectivity index (χ1v) is 11.5. The Morgan fingerprint density at radius 2 is 1.70 bits per heavy atom. The molecule has 4 bridgehead atoms. The second-order valence-corrected chi connectivity index (χ2v) is 11.4. The maximum atomic E-state index is 13.2. The molecule has 2 aromatic carbocycles. The van der Waals surface area contributed by atoms with E-state index >= 15 is 0 Å². The minimum atomic E-state index is -0.229. The molecule has 0 amide bonds. The Morgan fingerprint density at radius 3 is 2.37 bits per heavy atom. The zero-order valence-corrected chi connectivity index (χ0v) is 18.7. The van der Waals surface area contributed by atoms with Gasteiger partial charge in [0.1, 0.15) is 18.2 Å². The predicted molar refractivity (Wildman–Crippen MR) is 119 cm³/mol. The fourth-order valence-electron chi connectivity index (χ4n) is 7.50. The van der Waals surface area contributed by atoms with Gasteiger partial charge in [0.05, 0.1) is 0 Å². The lowest BCUT2D eigenvalue weighted by atomic mass is 9.43. The molecule has 1 N–H and O–H groups in total. The molecule has 0 saturated heterocycles. The number of hydrogen-bond donors (Lipinski definition) is 1. The topological polar surface area (TPSA) is 21.3 Å². The van der Waals surface area contributed by atoms with Crippen LogP contribution >= 0.6 is 11.6 Å². The highest BCUT2D eigenvalue weighted by molar-refractivity contribution is 6.30. The number of rotatable bonds is 6. The third-order valence-corrected chi connectivity index (χ3v) is 7.85. The molecule has 2 aromatic rings. The molecule has 6 rings (SSSR count). The van der Waals surface area contributed by atoms with E-state index in [0.717, 1.165) is 34.4 Å². The van der Waals surface area contributed by atoms with Gasteiger partial charge < -0.3 is 10.1 Å². The van der Waals surface area contributed by atoms with E-state index in [9.17, 15) is 4.39 Å². The molecule has 2 unspecified atom stereocenters. The Kier molecular flexibility index (Phi) is 4.91. The summed E-state index contributed by atoms with van der Waals surface area (Å²) in [4.78, 5) is 0. The number of nitrogens with one attached hydrogen (secondary N) is 1. The SMILES string of the molecule is CC12CC3CC(C)(C1)CC(NCc1cc(Cl)ccc1OCc1ccc(F)cc1)(C3)C2. The van der Waals surface area contributed by atoms with Gasteiger partial charge in [-0.15, -0.1) is 0 Å². The van der Waals surface area contributed by atoms with Crippen molar-refractivity contribution in [3.05, 3.63) is 64.4 Å². The van der Waals surface area contributed by atoms with E-state index in [1.807, 2.05) is 18.2 Å². The first-order valence-electron chi connectivity index (χ1n) is 11.1. The molecule has 2 atom stereocenters. The maximum Gasteiger partial charge on any atom is 0.124 e. The summed E-state index contributed by atoms with van der Waals surface area (Å²) in [5.41, 5.74) is 3.25. The van der Waals surface area contributed by atoms with Crippen LogP contribution in [0, 0.1) is 22.6 Å². The first kappa shape index (κ1) is 20.3. The van der Waals surface area contributed by atoms with Crippen molar-refractivity contribution in [1.82, 2.24) is 5.32 Å². The number of hydrogen-bond acceptors (Lipinski definition) is 2. The summed E-state index contributed by atoms with van der Waals surface area (Å²) in [5, 5.41) is 4.71. The molecule has 160 valence electrons. The molecule has 0 heterocycles. The summed E-state index contributed by atoms with van der Waals surface area (Å²) in [6.45, 7) is 6.18. The Hall–Kier alpha value is -1.58. The highest BCUT2D eigenvalue weighted by Gasteiger charge is 2.59. The summed E-state index contributed by atoms with van der Waals surface area (Å²) in [7, 11) is 0. The van der Waals surface area contributed by atoms with Crippen LogP contribution in [0.25, 0.3) is 0 Å². The van der Waals surface area contributed by atoms with Gasteiger partial charge in [-0.25, -0.2) is 4.39 Å². The molecule has 4 heteroatoms. The molecule has 0 spiro atoms. The summed E-state index contributed by atoms with van der Waals surface area (Å²) >= 11 is 6.33. The van der Waals surface area contributed by atoms with Crippen LogP contribution in [0.2, 0.25) is 5.02 Å². The summed E-state index contributed by atoms with van der Waals surface area (Å²) < 4.78 is 19.3. The van der Waals surface area contributed by atoms with Crippen molar-refractivity contribution in [3.8, 4) is 5.75 Å². The van der Waals surface area contributed by atoms with Crippen LogP contribution < -0.4 is 10.1 Å². The van der Waals surface area contributed by atoms with Crippen molar-refractivity contribution in [2.45, 2.75) is 71.1 Å². The van der Waals surface area contributed by atoms with E-state index < -0.39 is 0 Å². The van der Waals surface area contributed by atoms with Crippen molar-refractivity contribution in [3.63, 3.8) is 0 Å². The van der Waals surface area contributed by atoms with E-state index in [0.29, 0.717) is 17.4 Å². The lowest BCUT2D eigenvalue weighted by Gasteiger charge is -2.65. The van der Waals surface area contributed by atoms with Crippen molar-refractivity contribution < 1.29 is 9.13 Å². The Morgan fingerprint density at radius 1 is 1.00 bits per heavy atom. The van der Waals surface area contributed by atoms with Crippen LogP contribution in [0.1, 0.15) is 63.5 Å². The average molecular weight is 428 g/mol. The fraction of sp³-hybridized carbons (Fsp3) is 0.538. The van der Waals surface area contributed by atoms with Crippen molar-refractivity contribution >= 4 is 11.6 Å². The minimum absolute atomic E-state index is 0.229. The number of benzene rings is 2. The standard InChI is InChI=1S/C26H31ClFNO/c1-24-10-19-11-25(2,15-24)17-26(12-19,16-24)29-13-20-9-21(27)5-8-23(20)30-14-18-3-6-22(28)7-4-18/h3-9,19,29H,10-17H2,1-2H3. The van der Waals surface area contributed by atoms with Crippen LogP contribution in [-0.2, 0) is 13.2 Å². The smallest absolute Gasteiger partial charge is 0.124 e. The normalized spacial score (nSPS) is 34.3. The maximum absolute atomic E-state index is 13.2. The summed E-state index contributed by atoms with van der Waals surface area (Å²) in [6.07, 6.45) is 8.02. The van der Waals surface area contributed by atoms with Gasteiger partial charge in [0.2, 0.25) is 0 Å². The lowest BCUT2D eigenvalue weighted by Crippen LogP contribution is -2.63. The van der Waals surface area contributed by atoms with E-state index in [2.05, 4.69) is 19.2 Å². The molecule has 4 aliphatic rings. The van der Waals surface area contributed by atoms with Gasteiger partial charge in [0.25, 0.3) is 0 Å². The Labute approximate surface area is 184 Å². The highest BCUT2D eigenvalue weighted by atomic mass is 35.5. The zero-order valence-electron chi connectivity index (χ0n) is 17.9. The van der Waals surface area contributed by atoms with Gasteiger partial charge in [-0.1, -0.05) is 37.6 Å². The highest BCUT2D eigenvalue weighted by Crippen LogP contribution is 2.66. The third-order valence-electron chi connectivity index (χ3n) is 7.61. The van der Waals surface area contributed by atoms with Gasteiger partial charge in [0.15, 0.2) is 0 Å². The van der Waals surface area contributed by atoms with Crippen LogP contribution in [0.3, 0.4) is 0 Å². The molecular weight excluding hydrogens is 397 g/mol. The van der Waals surface area contributed by atoms with Crippen molar-refractivity contribution in [2.24, 2.45) is 16.7 Å². The van der Waals surface area contributed by atoms with Crippen molar-refractivity contribution in [1.29, 1.82) is 0 Å². The van der Waals surface area contributed by atoms with Crippen LogP contribution in [0.4, 0.5) is 4.39 Å². The number of halogens is 2. The van der Waals surface area contributed by atoms with Crippen LogP contribution in [0.15, 0.2) is 42.5 Å². The zero-order chi connectivity index (χ0) is 21.0. The molecular formula is C26H31ClFNO. The van der Waals surface area contributed by atoms with Gasteiger partial charge >= 0.3 is 0 Å². The molecule has 2 nitrogen and oxygen atoms in total. The molecule has 0 aromatic heterocycles. The number of ether oxygens (including phenoxy) is 1. The monoisotopic (exact) mass is 427 g/mol. The average Bonchev–Trinajstić information content (AvgIpc) is 2.64. The minimum Gasteiger partial charge on any atom is -0.489 e. The van der Waals surface area contributed by atoms with Gasteiger partial charge in [-0.05, 0) is 91.2 Å². The van der Waals surface area contributed by atoms with Gasteiger partial charge in [0, 0.05) is 22.7 Å². The molecule has 30 heavy (non-hydrogen) atoms. The molecule has 0 aliphatic heterocycles.